The van der Waals surface area contributed by atoms with E-state index in [9.17, 15) is 28.7 Å². The summed E-state index contributed by atoms with van der Waals surface area (Å²) in [6.07, 6.45) is -1.21. The summed E-state index contributed by atoms with van der Waals surface area (Å²) in [5.74, 6) is -1.85. The molecule has 0 fully saturated rings. The van der Waals surface area contributed by atoms with Gasteiger partial charge in [0.2, 0.25) is 17.7 Å². The maximum absolute atomic E-state index is 13.0. The number of phosphoric acid groups is 1. The molecule has 0 heterocycles. The molecular weight excluding hydrogens is 449 g/mol. The van der Waals surface area contributed by atoms with E-state index in [0.29, 0.717) is 0 Å². The average Bonchev–Trinajstić information content (AvgIpc) is 2.75. The smallest absolute Gasteiger partial charge is 0.350 e. The highest BCUT2D eigenvalue weighted by molar-refractivity contribution is 7.46. The van der Waals surface area contributed by atoms with E-state index in [0.717, 1.165) is 11.1 Å². The van der Waals surface area contributed by atoms with Gasteiger partial charge in [0, 0.05) is 19.9 Å². The van der Waals surface area contributed by atoms with Crippen LogP contribution in [0.5, 0.6) is 0 Å². The minimum Gasteiger partial charge on any atom is -0.350 e. The van der Waals surface area contributed by atoms with Crippen molar-refractivity contribution in [3.8, 4) is 0 Å². The zero-order valence-corrected chi connectivity index (χ0v) is 19.2. The Labute approximate surface area is 192 Å². The summed E-state index contributed by atoms with van der Waals surface area (Å²) in [4.78, 5) is 55.8. The molecule has 0 bridgehead atoms. The third kappa shape index (κ3) is 9.55. The molecule has 3 amide bonds. The highest BCUT2D eigenvalue weighted by Crippen LogP contribution is 2.38. The molecule has 11 heteroatoms. The van der Waals surface area contributed by atoms with Gasteiger partial charge < -0.3 is 25.7 Å². The Morgan fingerprint density at radius 3 is 1.97 bits per heavy atom. The van der Waals surface area contributed by atoms with Gasteiger partial charge in [0.05, 0.1) is 6.10 Å². The Hall–Kier alpha value is -3.04. The quantitative estimate of drug-likeness (QED) is 0.303. The molecule has 0 aliphatic heterocycles. The highest BCUT2D eigenvalue weighted by atomic mass is 31.2. The third-order valence-corrected chi connectivity index (χ3v) is 5.25. The normalized spacial score (nSPS) is 13.9. The first-order chi connectivity index (χ1) is 15.5. The van der Waals surface area contributed by atoms with Gasteiger partial charge >= 0.3 is 7.82 Å². The number of nitrogens with one attached hydrogen (secondary N) is 3. The first kappa shape index (κ1) is 26.2. The summed E-state index contributed by atoms with van der Waals surface area (Å²) in [5, 5.41) is 7.63. The SMILES string of the molecule is CC(=O)N[C@@H](Cc1ccccc1)C(=O)N[C@H](C(=O)NCc1ccccc1)[C@@H](C)OP(=O)(O)O. The van der Waals surface area contributed by atoms with Gasteiger partial charge in [-0.25, -0.2) is 4.57 Å². The first-order valence-electron chi connectivity index (χ1n) is 10.2. The van der Waals surface area contributed by atoms with Gasteiger partial charge in [-0.15, -0.1) is 0 Å². The van der Waals surface area contributed by atoms with E-state index in [2.05, 4.69) is 20.5 Å². The van der Waals surface area contributed by atoms with E-state index in [4.69, 9.17) is 0 Å². The Morgan fingerprint density at radius 2 is 1.45 bits per heavy atom. The molecule has 2 aromatic carbocycles. The zero-order chi connectivity index (χ0) is 24.4. The van der Waals surface area contributed by atoms with Gasteiger partial charge in [-0.1, -0.05) is 60.7 Å². The van der Waals surface area contributed by atoms with Crippen LogP contribution >= 0.6 is 7.82 Å². The lowest BCUT2D eigenvalue weighted by atomic mass is 10.0. The predicted octanol–water partition coefficient (Wildman–Crippen LogP) is 1.03. The fraction of sp³-hybridized carbons (Fsp3) is 0.318. The van der Waals surface area contributed by atoms with Crippen LogP contribution in [0.25, 0.3) is 0 Å². The molecule has 2 aromatic rings. The minimum absolute atomic E-state index is 0.133. The summed E-state index contributed by atoms with van der Waals surface area (Å²) in [5.41, 5.74) is 1.57. The van der Waals surface area contributed by atoms with Crippen LogP contribution in [0.1, 0.15) is 25.0 Å². The molecular formula is C22H28N3O7P. The molecule has 33 heavy (non-hydrogen) atoms. The molecule has 0 radical (unpaired) electrons. The number of hydrogen-bond acceptors (Lipinski definition) is 5. The number of benzene rings is 2. The van der Waals surface area contributed by atoms with Gasteiger partial charge in [-0.05, 0) is 18.1 Å². The van der Waals surface area contributed by atoms with Crippen LogP contribution < -0.4 is 16.0 Å². The Bertz CT molecular complexity index is 982. The minimum atomic E-state index is -4.94. The van der Waals surface area contributed by atoms with Gasteiger partial charge in [-0.3, -0.25) is 18.9 Å². The van der Waals surface area contributed by atoms with Crippen LogP contribution in [-0.2, 0) is 36.4 Å². The van der Waals surface area contributed by atoms with E-state index in [-0.39, 0.29) is 13.0 Å². The average molecular weight is 477 g/mol. The topological polar surface area (TPSA) is 154 Å². The monoisotopic (exact) mass is 477 g/mol. The molecule has 10 nitrogen and oxygen atoms in total. The second kappa shape index (κ2) is 12.3. The second-order valence-corrected chi connectivity index (χ2v) is 8.63. The largest absolute Gasteiger partial charge is 0.469 e. The number of amides is 3. The van der Waals surface area contributed by atoms with Crippen LogP contribution in [0.15, 0.2) is 60.7 Å². The van der Waals surface area contributed by atoms with E-state index in [1.807, 2.05) is 12.1 Å². The van der Waals surface area contributed by atoms with Crippen molar-refractivity contribution in [3.05, 3.63) is 71.8 Å². The van der Waals surface area contributed by atoms with Crippen molar-refractivity contribution in [2.24, 2.45) is 0 Å². The fourth-order valence-corrected chi connectivity index (χ4v) is 3.68. The Balaban J connectivity index is 2.18. The van der Waals surface area contributed by atoms with Gasteiger partial charge in [0.25, 0.3) is 0 Å². The van der Waals surface area contributed by atoms with Crippen molar-refractivity contribution in [1.82, 2.24) is 16.0 Å². The number of rotatable bonds is 11. The van der Waals surface area contributed by atoms with Crippen LogP contribution in [-0.4, -0.2) is 45.7 Å². The fourth-order valence-electron chi connectivity index (χ4n) is 3.13. The van der Waals surface area contributed by atoms with Crippen LogP contribution in [0, 0.1) is 0 Å². The molecule has 0 saturated heterocycles. The lowest BCUT2D eigenvalue weighted by Gasteiger charge is -2.27. The maximum atomic E-state index is 13.0. The number of carbonyl (C=O) groups is 3. The second-order valence-electron chi connectivity index (χ2n) is 7.43. The van der Waals surface area contributed by atoms with Crippen molar-refractivity contribution in [2.75, 3.05) is 0 Å². The van der Waals surface area contributed by atoms with E-state index in [1.54, 1.807) is 48.5 Å². The predicted molar refractivity (Wildman–Crippen MR) is 121 cm³/mol. The molecule has 178 valence electrons. The van der Waals surface area contributed by atoms with Crippen LogP contribution in [0.3, 0.4) is 0 Å². The molecule has 0 saturated carbocycles. The lowest BCUT2D eigenvalue weighted by molar-refractivity contribution is -0.133. The lowest BCUT2D eigenvalue weighted by Crippen LogP contribution is -2.57. The Kier molecular flexibility index (Phi) is 9.74. The highest BCUT2D eigenvalue weighted by Gasteiger charge is 2.34. The van der Waals surface area contributed by atoms with Gasteiger partial charge in [-0.2, -0.15) is 0 Å². The van der Waals surface area contributed by atoms with Crippen molar-refractivity contribution >= 4 is 25.5 Å². The molecule has 0 unspecified atom stereocenters. The van der Waals surface area contributed by atoms with Crippen molar-refractivity contribution in [2.45, 2.75) is 45.0 Å². The molecule has 0 aromatic heterocycles. The third-order valence-electron chi connectivity index (χ3n) is 4.64. The van der Waals surface area contributed by atoms with E-state index < -0.39 is 43.7 Å². The number of hydrogen-bond donors (Lipinski definition) is 5. The maximum Gasteiger partial charge on any atom is 0.469 e. The summed E-state index contributed by atoms with van der Waals surface area (Å²) in [6.45, 7) is 2.65. The molecule has 3 atom stereocenters. The van der Waals surface area contributed by atoms with Gasteiger partial charge in [0.1, 0.15) is 12.1 Å². The van der Waals surface area contributed by atoms with Crippen molar-refractivity contribution < 1.29 is 33.3 Å². The number of phosphoric ester groups is 1. The summed E-state index contributed by atoms with van der Waals surface area (Å²) in [7, 11) is -4.94. The van der Waals surface area contributed by atoms with E-state index in [1.165, 1.54) is 13.8 Å². The summed E-state index contributed by atoms with van der Waals surface area (Å²) < 4.78 is 16.0. The summed E-state index contributed by atoms with van der Waals surface area (Å²) in [6, 6.07) is 15.5. The van der Waals surface area contributed by atoms with E-state index >= 15 is 0 Å². The zero-order valence-electron chi connectivity index (χ0n) is 18.3. The number of carbonyl (C=O) groups excluding carboxylic acids is 3. The molecule has 2 rings (SSSR count). The summed E-state index contributed by atoms with van der Waals surface area (Å²) >= 11 is 0. The van der Waals surface area contributed by atoms with Gasteiger partial charge in [0.15, 0.2) is 0 Å². The van der Waals surface area contributed by atoms with Crippen LogP contribution in [0.2, 0.25) is 0 Å². The van der Waals surface area contributed by atoms with Crippen LogP contribution in [0.4, 0.5) is 0 Å². The first-order valence-corrected chi connectivity index (χ1v) is 11.7. The molecule has 0 aliphatic carbocycles. The molecule has 0 aliphatic rings. The molecule has 0 spiro atoms. The van der Waals surface area contributed by atoms with Crippen molar-refractivity contribution in [3.63, 3.8) is 0 Å². The Morgan fingerprint density at radius 1 is 0.909 bits per heavy atom. The van der Waals surface area contributed by atoms with Crippen molar-refractivity contribution in [1.29, 1.82) is 0 Å². The standard InChI is InChI=1S/C22H28N3O7P/c1-15(32-33(29,30)31)20(22(28)23-14-18-11-7-4-8-12-18)25-21(27)19(24-16(2)26)13-17-9-5-3-6-10-17/h3-12,15,19-20H,13-14H2,1-2H3,(H,23,28)(H,24,26)(H,25,27)(H2,29,30,31)/t15-,19+,20+/m1/s1. The molecule has 5 N–H and O–H groups in total.